The number of aromatic nitrogens is 4. The van der Waals surface area contributed by atoms with Gasteiger partial charge in [0.2, 0.25) is 5.95 Å². The fourth-order valence-corrected chi connectivity index (χ4v) is 4.32. The highest BCUT2D eigenvalue weighted by Gasteiger charge is 2.45. The Kier molecular flexibility index (Phi) is 5.49. The Morgan fingerprint density at radius 3 is 2.67 bits per heavy atom. The van der Waals surface area contributed by atoms with Crippen molar-refractivity contribution in [3.8, 4) is 0 Å². The molecule has 3 heterocycles. The maximum absolute atomic E-state index is 12.2. The molecule has 150 valence electrons. The smallest absolute Gasteiger partial charge is 0.280 e. The number of aliphatic hydroxyl groups excluding tert-OH is 2. The molecule has 27 heavy (non-hydrogen) atoms. The van der Waals surface area contributed by atoms with Crippen molar-refractivity contribution in [3.63, 3.8) is 0 Å². The maximum atomic E-state index is 12.2. The van der Waals surface area contributed by atoms with E-state index in [1.807, 2.05) is 6.92 Å². The van der Waals surface area contributed by atoms with Crippen molar-refractivity contribution in [1.82, 2.24) is 19.5 Å². The molecular weight excluding hydrogens is 369 g/mol. The Morgan fingerprint density at radius 1 is 1.33 bits per heavy atom. The predicted octanol–water partition coefficient (Wildman–Crippen LogP) is 0.373. The number of aryl methyl sites for hydroxylation is 1. The molecule has 4 atom stereocenters. The number of aromatic amines is 1. The number of hydrogen-bond donors (Lipinski definition) is 4. The van der Waals surface area contributed by atoms with Crippen LogP contribution in [0, 0.1) is 0 Å². The Labute approximate surface area is 157 Å². The molecule has 9 nitrogen and oxygen atoms in total. The quantitative estimate of drug-likeness (QED) is 0.517. The van der Waals surface area contributed by atoms with Crippen molar-refractivity contribution in [2.75, 3.05) is 25.2 Å². The van der Waals surface area contributed by atoms with Gasteiger partial charge in [-0.15, -0.1) is 13.2 Å². The third-order valence-electron chi connectivity index (χ3n) is 4.73. The number of nitrogen functional groups attached to an aromatic ring is 1. The lowest BCUT2D eigenvalue weighted by Gasteiger charge is -2.20. The normalized spacial score (nSPS) is 26.1. The zero-order valence-corrected chi connectivity index (χ0v) is 16.8. The van der Waals surface area contributed by atoms with Gasteiger partial charge in [0.1, 0.15) is 18.0 Å². The molecule has 5 N–H and O–H groups in total. The summed E-state index contributed by atoms with van der Waals surface area (Å²) in [4.78, 5) is 23.2. The van der Waals surface area contributed by atoms with E-state index in [0.717, 1.165) is 12.6 Å². The van der Waals surface area contributed by atoms with Crippen molar-refractivity contribution in [1.29, 1.82) is 0 Å². The van der Waals surface area contributed by atoms with Gasteiger partial charge >= 0.3 is 0 Å². The van der Waals surface area contributed by atoms with Gasteiger partial charge in [0.25, 0.3) is 5.56 Å². The molecule has 0 bridgehead atoms. The van der Waals surface area contributed by atoms with Crippen LogP contribution in [0.3, 0.4) is 0 Å². The Hall–Kier alpha value is -1.67. The number of ether oxygens (including phenoxy) is 1. The largest absolute Gasteiger partial charge is 0.388 e. The number of nitrogens with zero attached hydrogens (tertiary/aromatic N) is 3. The van der Waals surface area contributed by atoms with Gasteiger partial charge in [0.15, 0.2) is 17.4 Å². The number of nitrogens with one attached hydrogen (secondary N) is 1. The molecule has 1 saturated heterocycles. The summed E-state index contributed by atoms with van der Waals surface area (Å²) < 4.78 is 7.62. The molecule has 1 aliphatic rings. The van der Waals surface area contributed by atoms with Crippen molar-refractivity contribution in [2.45, 2.75) is 50.7 Å². The molecule has 2 aromatic rings. The Balaban J connectivity index is 2.02. The van der Waals surface area contributed by atoms with Crippen LogP contribution in [0.4, 0.5) is 5.95 Å². The minimum absolute atomic E-state index is 0.0371. The van der Waals surface area contributed by atoms with Gasteiger partial charge in [0.05, 0.1) is 6.10 Å². The second-order valence-electron chi connectivity index (χ2n) is 7.77. The number of fused-ring (bicyclic) bond motifs is 1. The van der Waals surface area contributed by atoms with Crippen molar-refractivity contribution in [2.24, 2.45) is 0 Å². The van der Waals surface area contributed by atoms with Crippen LogP contribution in [0.25, 0.3) is 11.2 Å². The average Bonchev–Trinajstić information content (AvgIpc) is 3.04. The molecule has 0 saturated carbocycles. The van der Waals surface area contributed by atoms with Gasteiger partial charge < -0.3 is 20.7 Å². The van der Waals surface area contributed by atoms with E-state index in [-0.39, 0.29) is 17.1 Å². The van der Waals surface area contributed by atoms with E-state index in [4.69, 9.17) is 10.5 Å². The van der Waals surface area contributed by atoms with Gasteiger partial charge in [-0.1, -0.05) is 6.92 Å². The number of anilines is 1. The van der Waals surface area contributed by atoms with Crippen LogP contribution in [-0.4, -0.2) is 73.8 Å². The number of H-pyrrole nitrogens is 1. The van der Waals surface area contributed by atoms with E-state index in [0.29, 0.717) is 18.7 Å². The topological polar surface area (TPSA) is 139 Å². The van der Waals surface area contributed by atoms with Gasteiger partial charge in [-0.3, -0.25) is 14.3 Å². The van der Waals surface area contributed by atoms with Crippen molar-refractivity contribution >= 4 is 30.3 Å². The molecular formula is C17H28N5O4P. The van der Waals surface area contributed by atoms with E-state index in [1.165, 1.54) is 0 Å². The number of aliphatic hydroxyl groups is 2. The monoisotopic (exact) mass is 397 g/mol. The number of nitrogens with two attached hydrogens (primary N) is 1. The summed E-state index contributed by atoms with van der Waals surface area (Å²) in [5, 5.41) is 21.1. The summed E-state index contributed by atoms with van der Waals surface area (Å²) in [6, 6.07) is 0. The van der Waals surface area contributed by atoms with Gasteiger partial charge in [-0.05, 0) is 32.3 Å². The molecule has 0 aromatic carbocycles. The summed E-state index contributed by atoms with van der Waals surface area (Å²) in [7, 11) is 0. The van der Waals surface area contributed by atoms with Crippen LogP contribution in [0.5, 0.6) is 0 Å². The molecule has 1 aliphatic heterocycles. The Bertz CT molecular complexity index is 933. The first kappa shape index (κ1) is 20.1. The lowest BCUT2D eigenvalue weighted by atomic mass is 10.1. The zero-order valence-electron chi connectivity index (χ0n) is 15.9. The second-order valence-corrected chi connectivity index (χ2v) is 12.1. The Morgan fingerprint density at radius 2 is 2.04 bits per heavy atom. The third-order valence-corrected chi connectivity index (χ3v) is 6.20. The van der Waals surface area contributed by atoms with Crippen molar-refractivity contribution < 1.29 is 14.9 Å². The van der Waals surface area contributed by atoms with Gasteiger partial charge in [-0.2, -0.15) is 4.98 Å². The SMILES string of the molecule is C=P(C)(C)CC[C@H]1O[C@@H](n2c(CCC)nc3c(=O)[nH]c(N)nc32)[C@H](O)[C@@H]1O. The molecule has 3 rings (SSSR count). The molecule has 0 aliphatic carbocycles. The molecule has 2 aromatic heterocycles. The molecule has 0 radical (unpaired) electrons. The average molecular weight is 397 g/mol. The fourth-order valence-electron chi connectivity index (χ4n) is 3.37. The van der Waals surface area contributed by atoms with Crippen LogP contribution in [0.2, 0.25) is 0 Å². The highest BCUT2D eigenvalue weighted by molar-refractivity contribution is 7.72. The standard InChI is InChI=1S/C17H28N5O4P/c1-5-6-10-19-11-14(20-17(18)21-15(11)25)22(10)16-13(24)12(23)9(26-16)7-8-27(2,3)4/h9,12-13,16,23-24H,2,5-8H2,1,3-4H3,(H3,18,20,21,25)/t9-,12-,13-,16-/m1/s1. The van der Waals surface area contributed by atoms with Gasteiger partial charge in [-0.25, -0.2) is 4.98 Å². The molecule has 0 amide bonds. The summed E-state index contributed by atoms with van der Waals surface area (Å²) >= 11 is 0. The van der Waals surface area contributed by atoms with E-state index in [1.54, 1.807) is 4.57 Å². The molecule has 1 fully saturated rings. The first-order valence-electron chi connectivity index (χ1n) is 9.08. The van der Waals surface area contributed by atoms with E-state index < -0.39 is 37.0 Å². The fraction of sp³-hybridized carbons (Fsp3) is 0.647. The van der Waals surface area contributed by atoms with E-state index in [9.17, 15) is 15.0 Å². The van der Waals surface area contributed by atoms with E-state index >= 15 is 0 Å². The minimum atomic E-state index is -1.28. The number of rotatable bonds is 6. The summed E-state index contributed by atoms with van der Waals surface area (Å²) in [6.45, 7) is 4.93. The first-order valence-corrected chi connectivity index (χ1v) is 12.1. The van der Waals surface area contributed by atoms with Crippen LogP contribution < -0.4 is 11.3 Å². The molecule has 0 unspecified atom stereocenters. The summed E-state index contributed by atoms with van der Waals surface area (Å²) in [5.74, 6) is 0.530. The molecule has 10 heteroatoms. The highest BCUT2D eigenvalue weighted by Crippen LogP contribution is 2.40. The maximum Gasteiger partial charge on any atom is 0.280 e. The zero-order chi connectivity index (χ0) is 19.9. The van der Waals surface area contributed by atoms with Crippen LogP contribution in [0.1, 0.15) is 31.8 Å². The lowest BCUT2D eigenvalue weighted by Crippen LogP contribution is -2.32. The third kappa shape index (κ3) is 3.96. The number of hydrogen-bond acceptors (Lipinski definition) is 7. The summed E-state index contributed by atoms with van der Waals surface area (Å²) in [6.07, 6.45) is 3.39. The molecule has 0 spiro atoms. The number of imidazole rings is 1. The van der Waals surface area contributed by atoms with Crippen LogP contribution in [0.15, 0.2) is 4.79 Å². The van der Waals surface area contributed by atoms with Gasteiger partial charge in [0, 0.05) is 6.42 Å². The lowest BCUT2D eigenvalue weighted by molar-refractivity contribution is -0.0368. The van der Waals surface area contributed by atoms with Crippen LogP contribution in [-0.2, 0) is 11.2 Å². The second kappa shape index (κ2) is 7.39. The predicted molar refractivity (Wildman–Crippen MR) is 108 cm³/mol. The highest BCUT2D eigenvalue weighted by atomic mass is 31.2. The van der Waals surface area contributed by atoms with Crippen LogP contribution >= 0.6 is 6.89 Å². The minimum Gasteiger partial charge on any atom is -0.388 e. The van der Waals surface area contributed by atoms with Crippen molar-refractivity contribution in [3.05, 3.63) is 16.2 Å². The summed E-state index contributed by atoms with van der Waals surface area (Å²) in [5.41, 5.74) is 5.65. The first-order chi connectivity index (χ1) is 12.6. The van der Waals surface area contributed by atoms with E-state index in [2.05, 4.69) is 34.6 Å².